The molecule has 0 bridgehead atoms. The van der Waals surface area contributed by atoms with Crippen LogP contribution in [0.5, 0.6) is 11.5 Å². The first kappa shape index (κ1) is 20.0. The predicted molar refractivity (Wildman–Crippen MR) is 108 cm³/mol. The first-order valence-corrected chi connectivity index (χ1v) is 10.4. The molecule has 0 N–H and O–H groups in total. The normalized spacial score (nSPS) is 22.3. The van der Waals surface area contributed by atoms with Crippen molar-refractivity contribution in [2.45, 2.75) is 51.5 Å². The van der Waals surface area contributed by atoms with Crippen molar-refractivity contribution in [2.75, 3.05) is 40.4 Å². The predicted octanol–water partition coefficient (Wildman–Crippen LogP) is 3.82. The Hall–Kier alpha value is -1.75. The molecule has 2 heterocycles. The van der Waals surface area contributed by atoms with Gasteiger partial charge in [0.15, 0.2) is 11.5 Å². The SMILES string of the molecule is COc1ccc(C(=O)N2CCCCCC2CN2CCC(C)CC2)cc1OC. The van der Waals surface area contributed by atoms with Crippen molar-refractivity contribution in [3.8, 4) is 11.5 Å². The lowest BCUT2D eigenvalue weighted by Crippen LogP contribution is -2.48. The van der Waals surface area contributed by atoms with Crippen molar-refractivity contribution < 1.29 is 14.3 Å². The molecular formula is C22H34N2O3. The van der Waals surface area contributed by atoms with Gasteiger partial charge < -0.3 is 19.3 Å². The lowest BCUT2D eigenvalue weighted by molar-refractivity contribution is 0.0605. The highest BCUT2D eigenvalue weighted by Gasteiger charge is 2.29. The van der Waals surface area contributed by atoms with Gasteiger partial charge in [-0.05, 0) is 62.9 Å². The Morgan fingerprint density at radius 1 is 1.00 bits per heavy atom. The second-order valence-electron chi connectivity index (χ2n) is 8.05. The fourth-order valence-corrected chi connectivity index (χ4v) is 4.31. The van der Waals surface area contributed by atoms with Crippen molar-refractivity contribution >= 4 is 5.91 Å². The molecule has 2 saturated heterocycles. The van der Waals surface area contributed by atoms with Crippen LogP contribution in [0, 0.1) is 5.92 Å². The van der Waals surface area contributed by atoms with Crippen LogP contribution in [-0.2, 0) is 0 Å². The van der Waals surface area contributed by atoms with Crippen LogP contribution in [0.3, 0.4) is 0 Å². The van der Waals surface area contributed by atoms with Gasteiger partial charge in [0.1, 0.15) is 0 Å². The first-order valence-electron chi connectivity index (χ1n) is 10.4. The zero-order valence-corrected chi connectivity index (χ0v) is 17.1. The van der Waals surface area contributed by atoms with Crippen LogP contribution in [0.2, 0.25) is 0 Å². The maximum Gasteiger partial charge on any atom is 0.254 e. The molecule has 0 radical (unpaired) electrons. The van der Waals surface area contributed by atoms with Gasteiger partial charge in [-0.3, -0.25) is 4.79 Å². The maximum absolute atomic E-state index is 13.3. The lowest BCUT2D eigenvalue weighted by Gasteiger charge is -2.37. The van der Waals surface area contributed by atoms with Crippen LogP contribution in [0.1, 0.15) is 55.8 Å². The molecule has 2 aliphatic heterocycles. The van der Waals surface area contributed by atoms with Gasteiger partial charge >= 0.3 is 0 Å². The minimum Gasteiger partial charge on any atom is -0.493 e. The fraction of sp³-hybridized carbons (Fsp3) is 0.682. The molecule has 2 aliphatic rings. The van der Waals surface area contributed by atoms with Crippen molar-refractivity contribution in [1.82, 2.24) is 9.80 Å². The summed E-state index contributed by atoms with van der Waals surface area (Å²) in [5.74, 6) is 2.22. The Kier molecular flexibility index (Phi) is 7.00. The quantitative estimate of drug-likeness (QED) is 0.786. The van der Waals surface area contributed by atoms with Crippen molar-refractivity contribution in [3.05, 3.63) is 23.8 Å². The Morgan fingerprint density at radius 2 is 1.74 bits per heavy atom. The smallest absolute Gasteiger partial charge is 0.254 e. The molecule has 1 amide bonds. The standard InChI is InChI=1S/C22H34N2O3/c1-17-10-13-23(14-11-17)16-19-7-5-4-6-12-24(19)22(25)18-8-9-20(26-2)21(15-18)27-3/h8-9,15,17,19H,4-7,10-14,16H2,1-3H3. The van der Waals surface area contributed by atoms with E-state index in [4.69, 9.17) is 9.47 Å². The molecule has 5 nitrogen and oxygen atoms in total. The number of ether oxygens (including phenoxy) is 2. The van der Waals surface area contributed by atoms with E-state index in [0.29, 0.717) is 23.1 Å². The summed E-state index contributed by atoms with van der Waals surface area (Å²) in [5, 5.41) is 0. The molecule has 150 valence electrons. The number of benzene rings is 1. The topological polar surface area (TPSA) is 42.0 Å². The molecular weight excluding hydrogens is 340 g/mol. The second-order valence-corrected chi connectivity index (χ2v) is 8.05. The van der Waals surface area contributed by atoms with Gasteiger partial charge in [-0.15, -0.1) is 0 Å². The summed E-state index contributed by atoms with van der Waals surface area (Å²) >= 11 is 0. The van der Waals surface area contributed by atoms with Crippen molar-refractivity contribution in [3.63, 3.8) is 0 Å². The molecule has 0 spiro atoms. The van der Waals surface area contributed by atoms with E-state index < -0.39 is 0 Å². The van der Waals surface area contributed by atoms with Gasteiger partial charge in [-0.25, -0.2) is 0 Å². The van der Waals surface area contributed by atoms with Gasteiger partial charge in [-0.1, -0.05) is 19.8 Å². The average molecular weight is 375 g/mol. The Bertz CT molecular complexity index is 626. The number of piperidine rings is 1. The van der Waals surface area contributed by atoms with Crippen LogP contribution >= 0.6 is 0 Å². The van der Waals surface area contributed by atoms with E-state index in [0.717, 1.165) is 44.9 Å². The third-order valence-corrected chi connectivity index (χ3v) is 6.11. The highest BCUT2D eigenvalue weighted by atomic mass is 16.5. The van der Waals surface area contributed by atoms with Crippen LogP contribution in [0.4, 0.5) is 0 Å². The minimum absolute atomic E-state index is 0.119. The van der Waals surface area contributed by atoms with E-state index in [1.165, 1.54) is 25.7 Å². The molecule has 27 heavy (non-hydrogen) atoms. The van der Waals surface area contributed by atoms with Gasteiger partial charge in [0, 0.05) is 24.7 Å². The summed E-state index contributed by atoms with van der Waals surface area (Å²) in [6.07, 6.45) is 7.16. The first-order chi connectivity index (χ1) is 13.1. The minimum atomic E-state index is 0.119. The molecule has 1 aromatic rings. The van der Waals surface area contributed by atoms with Gasteiger partial charge in [0.25, 0.3) is 5.91 Å². The molecule has 1 aromatic carbocycles. The highest BCUT2D eigenvalue weighted by Crippen LogP contribution is 2.29. The molecule has 1 atom stereocenters. The third kappa shape index (κ3) is 4.95. The zero-order valence-electron chi connectivity index (χ0n) is 17.1. The number of methoxy groups -OCH3 is 2. The Balaban J connectivity index is 1.75. The number of hydrogen-bond donors (Lipinski definition) is 0. The summed E-state index contributed by atoms with van der Waals surface area (Å²) in [4.78, 5) is 18.0. The van der Waals surface area contributed by atoms with Crippen LogP contribution < -0.4 is 9.47 Å². The van der Waals surface area contributed by atoms with Crippen LogP contribution in [0.25, 0.3) is 0 Å². The number of carbonyl (C=O) groups excluding carboxylic acids is 1. The molecule has 2 fully saturated rings. The summed E-state index contributed by atoms with van der Waals surface area (Å²) < 4.78 is 10.7. The summed E-state index contributed by atoms with van der Waals surface area (Å²) in [6.45, 7) is 6.52. The Labute approximate surface area is 163 Å². The van der Waals surface area contributed by atoms with E-state index in [1.807, 2.05) is 18.2 Å². The van der Waals surface area contributed by atoms with Crippen molar-refractivity contribution in [2.24, 2.45) is 5.92 Å². The van der Waals surface area contributed by atoms with E-state index >= 15 is 0 Å². The molecule has 0 aliphatic carbocycles. The lowest BCUT2D eigenvalue weighted by atomic mass is 9.98. The maximum atomic E-state index is 13.3. The van der Waals surface area contributed by atoms with Gasteiger partial charge in [0.2, 0.25) is 0 Å². The van der Waals surface area contributed by atoms with Crippen LogP contribution in [0.15, 0.2) is 18.2 Å². The van der Waals surface area contributed by atoms with E-state index in [1.54, 1.807) is 14.2 Å². The summed E-state index contributed by atoms with van der Waals surface area (Å²) in [7, 11) is 3.22. The number of likely N-dealkylation sites (tertiary alicyclic amines) is 2. The molecule has 0 aromatic heterocycles. The summed E-state index contributed by atoms with van der Waals surface area (Å²) in [6, 6.07) is 5.80. The number of rotatable bonds is 5. The second kappa shape index (κ2) is 9.45. The Morgan fingerprint density at radius 3 is 2.44 bits per heavy atom. The number of hydrogen-bond acceptors (Lipinski definition) is 4. The highest BCUT2D eigenvalue weighted by molar-refractivity contribution is 5.95. The number of nitrogens with zero attached hydrogens (tertiary/aromatic N) is 2. The number of amides is 1. The van der Waals surface area contributed by atoms with Crippen molar-refractivity contribution in [1.29, 1.82) is 0 Å². The monoisotopic (exact) mass is 374 g/mol. The van der Waals surface area contributed by atoms with Gasteiger partial charge in [-0.2, -0.15) is 0 Å². The van der Waals surface area contributed by atoms with E-state index in [9.17, 15) is 4.79 Å². The fourth-order valence-electron chi connectivity index (χ4n) is 4.31. The van der Waals surface area contributed by atoms with Crippen LogP contribution in [-0.4, -0.2) is 62.1 Å². The van der Waals surface area contributed by atoms with E-state index in [2.05, 4.69) is 16.7 Å². The van der Waals surface area contributed by atoms with E-state index in [-0.39, 0.29) is 5.91 Å². The largest absolute Gasteiger partial charge is 0.493 e. The summed E-state index contributed by atoms with van der Waals surface area (Å²) in [5.41, 5.74) is 0.687. The third-order valence-electron chi connectivity index (χ3n) is 6.11. The zero-order chi connectivity index (χ0) is 19.2. The average Bonchev–Trinajstić information content (AvgIpc) is 2.94. The molecule has 5 heteroatoms. The van der Waals surface area contributed by atoms with Gasteiger partial charge in [0.05, 0.1) is 14.2 Å². The molecule has 0 saturated carbocycles. The molecule has 1 unspecified atom stereocenters. The molecule has 3 rings (SSSR count). The number of carbonyl (C=O) groups is 1.